The summed E-state index contributed by atoms with van der Waals surface area (Å²) in [5.41, 5.74) is 8.18. The minimum Gasteiger partial charge on any atom is -0.406 e. The third-order valence-electron chi connectivity index (χ3n) is 3.04. The predicted octanol–water partition coefficient (Wildman–Crippen LogP) is 3.66. The van der Waals surface area contributed by atoms with Crippen LogP contribution in [-0.4, -0.2) is 18.0 Å². The summed E-state index contributed by atoms with van der Waals surface area (Å²) >= 11 is 0. The van der Waals surface area contributed by atoms with Crippen LogP contribution in [0.15, 0.2) is 61.6 Å². The normalized spacial score (nSPS) is 11.5. The lowest BCUT2D eigenvalue weighted by molar-refractivity contribution is -0.274. The van der Waals surface area contributed by atoms with Crippen LogP contribution in [-0.2, 0) is 0 Å². The number of alkyl halides is 3. The van der Waals surface area contributed by atoms with Crippen LogP contribution in [0.3, 0.4) is 0 Å². The fourth-order valence-electron chi connectivity index (χ4n) is 1.97. The van der Waals surface area contributed by atoms with Crippen molar-refractivity contribution in [2.45, 2.75) is 6.36 Å². The van der Waals surface area contributed by atoms with Crippen LogP contribution < -0.4 is 15.8 Å². The van der Waals surface area contributed by atoms with Gasteiger partial charge in [-0.05, 0) is 30.3 Å². The van der Waals surface area contributed by atoms with E-state index < -0.39 is 6.36 Å². The van der Waals surface area contributed by atoms with Crippen LogP contribution in [0.2, 0.25) is 0 Å². The van der Waals surface area contributed by atoms with E-state index in [2.05, 4.69) is 29.1 Å². The van der Waals surface area contributed by atoms with Crippen molar-refractivity contribution in [2.24, 2.45) is 5.73 Å². The van der Waals surface area contributed by atoms with Crippen LogP contribution in [0.25, 0.3) is 11.4 Å². The van der Waals surface area contributed by atoms with Gasteiger partial charge in [0.05, 0.1) is 5.70 Å². The number of allylic oxidation sites excluding steroid dienone is 1. The molecule has 0 atom stereocenters. The van der Waals surface area contributed by atoms with Gasteiger partial charge in [-0.25, -0.2) is 0 Å². The van der Waals surface area contributed by atoms with Gasteiger partial charge >= 0.3 is 6.36 Å². The number of hydrogen-bond donors (Lipinski definition) is 2. The van der Waals surface area contributed by atoms with Gasteiger partial charge in [-0.3, -0.25) is 0 Å². The molecule has 3 N–H and O–H groups in total. The predicted molar refractivity (Wildman–Crippen MR) is 92.7 cm³/mol. The molecule has 1 aromatic heterocycles. The summed E-state index contributed by atoms with van der Waals surface area (Å²) in [6.45, 7) is 6.00. The molecule has 0 spiro atoms. The standard InChI is InChI=1S/C16H14F3N3O.C2H4/c1-3-14(21-2)15(20)11-8-9-22(10-11)12-4-6-13(7-5-12)23-16(17,18)19;1-2/h1,4-10,21H,20H2,2H3;1-2H2/b15-14-;. The minimum absolute atomic E-state index is 0.280. The van der Waals surface area contributed by atoms with E-state index in [1.807, 2.05) is 0 Å². The van der Waals surface area contributed by atoms with Crippen molar-refractivity contribution in [2.75, 3.05) is 7.05 Å². The summed E-state index contributed by atoms with van der Waals surface area (Å²) in [5.74, 6) is 2.16. The van der Waals surface area contributed by atoms with Crippen molar-refractivity contribution >= 4 is 5.70 Å². The number of rotatable bonds is 4. The molecule has 7 heteroatoms. The van der Waals surface area contributed by atoms with Gasteiger partial charge in [0.2, 0.25) is 0 Å². The van der Waals surface area contributed by atoms with Crippen molar-refractivity contribution in [3.8, 4) is 23.8 Å². The Labute approximate surface area is 144 Å². The van der Waals surface area contributed by atoms with Gasteiger partial charge in [0, 0.05) is 30.7 Å². The Hall–Kier alpha value is -3.27. The number of nitrogens with zero attached hydrogens (tertiary/aromatic N) is 1. The van der Waals surface area contributed by atoms with Crippen LogP contribution in [0.5, 0.6) is 5.75 Å². The molecule has 0 aliphatic heterocycles. The van der Waals surface area contributed by atoms with Crippen LogP contribution in [0.1, 0.15) is 5.56 Å². The molecule has 4 nitrogen and oxygen atoms in total. The molecule has 25 heavy (non-hydrogen) atoms. The number of terminal acetylenes is 1. The number of hydrogen-bond acceptors (Lipinski definition) is 3. The second-order valence-corrected chi connectivity index (χ2v) is 4.53. The lowest BCUT2D eigenvalue weighted by Crippen LogP contribution is -2.17. The fraction of sp³-hybridized carbons (Fsp3) is 0.111. The SMILES string of the molecule is C#C/C(NC)=C(/N)c1ccn(-c2ccc(OC(F)(F)F)cc2)c1.C=C. The maximum Gasteiger partial charge on any atom is 0.573 e. The lowest BCUT2D eigenvalue weighted by atomic mass is 10.2. The molecule has 2 aromatic rings. The molecule has 0 bridgehead atoms. The summed E-state index contributed by atoms with van der Waals surface area (Å²) in [7, 11) is 1.67. The number of nitrogens with two attached hydrogens (primary N) is 1. The highest BCUT2D eigenvalue weighted by atomic mass is 19.4. The zero-order valence-electron chi connectivity index (χ0n) is 13.6. The summed E-state index contributed by atoms with van der Waals surface area (Å²) in [6, 6.07) is 7.24. The first kappa shape index (κ1) is 19.8. The van der Waals surface area contributed by atoms with Gasteiger partial charge in [-0.15, -0.1) is 32.8 Å². The zero-order chi connectivity index (χ0) is 19.0. The molecule has 0 saturated heterocycles. The van der Waals surface area contributed by atoms with E-state index in [1.54, 1.807) is 30.1 Å². The zero-order valence-corrected chi connectivity index (χ0v) is 13.6. The van der Waals surface area contributed by atoms with E-state index in [0.29, 0.717) is 22.6 Å². The average molecular weight is 349 g/mol. The van der Waals surface area contributed by atoms with Crippen LogP contribution >= 0.6 is 0 Å². The number of aromatic nitrogens is 1. The Morgan fingerprint density at radius 2 is 1.84 bits per heavy atom. The van der Waals surface area contributed by atoms with Crippen molar-refractivity contribution in [3.63, 3.8) is 0 Å². The monoisotopic (exact) mass is 349 g/mol. The molecular weight excluding hydrogens is 331 g/mol. The number of ether oxygens (including phenoxy) is 1. The maximum atomic E-state index is 12.1. The molecule has 1 heterocycles. The average Bonchev–Trinajstić information content (AvgIpc) is 3.07. The molecule has 0 radical (unpaired) electrons. The number of halogens is 3. The highest BCUT2D eigenvalue weighted by molar-refractivity contribution is 5.69. The molecule has 0 saturated carbocycles. The lowest BCUT2D eigenvalue weighted by Gasteiger charge is -2.09. The number of nitrogens with one attached hydrogen (secondary N) is 1. The number of benzene rings is 1. The molecule has 0 aliphatic carbocycles. The van der Waals surface area contributed by atoms with E-state index in [4.69, 9.17) is 12.2 Å². The van der Waals surface area contributed by atoms with Gasteiger partial charge in [-0.2, -0.15) is 0 Å². The fourth-order valence-corrected chi connectivity index (χ4v) is 1.97. The van der Waals surface area contributed by atoms with Crippen LogP contribution in [0, 0.1) is 12.3 Å². The van der Waals surface area contributed by atoms with E-state index in [9.17, 15) is 13.2 Å². The van der Waals surface area contributed by atoms with E-state index in [1.165, 1.54) is 24.3 Å². The summed E-state index contributed by atoms with van der Waals surface area (Å²) in [5, 5.41) is 2.81. The van der Waals surface area contributed by atoms with Crippen molar-refractivity contribution in [3.05, 3.63) is 67.1 Å². The van der Waals surface area contributed by atoms with Crippen LogP contribution in [0.4, 0.5) is 13.2 Å². The Balaban J connectivity index is 0.00000151. The molecular formula is C18H18F3N3O. The summed E-state index contributed by atoms with van der Waals surface area (Å²) in [4.78, 5) is 0. The quantitative estimate of drug-likeness (QED) is 0.654. The minimum atomic E-state index is -4.71. The molecule has 0 aliphatic rings. The summed E-state index contributed by atoms with van der Waals surface area (Å²) in [6.07, 6.45) is 4.09. The molecule has 1 aromatic carbocycles. The molecule has 2 rings (SSSR count). The second kappa shape index (κ2) is 8.55. The Bertz CT molecular complexity index is 768. The smallest absolute Gasteiger partial charge is 0.406 e. The van der Waals surface area contributed by atoms with Gasteiger partial charge < -0.3 is 20.4 Å². The Kier molecular flexibility index (Phi) is 6.76. The Morgan fingerprint density at radius 3 is 2.32 bits per heavy atom. The van der Waals surface area contributed by atoms with Crippen molar-refractivity contribution in [1.82, 2.24) is 9.88 Å². The molecule has 0 amide bonds. The summed E-state index contributed by atoms with van der Waals surface area (Å²) < 4.78 is 41.9. The Morgan fingerprint density at radius 1 is 1.24 bits per heavy atom. The first-order chi connectivity index (χ1) is 11.8. The van der Waals surface area contributed by atoms with E-state index in [-0.39, 0.29) is 5.75 Å². The topological polar surface area (TPSA) is 52.2 Å². The third-order valence-corrected chi connectivity index (χ3v) is 3.04. The molecule has 0 fully saturated rings. The maximum absolute atomic E-state index is 12.1. The first-order valence-corrected chi connectivity index (χ1v) is 7.02. The largest absolute Gasteiger partial charge is 0.573 e. The highest BCUT2D eigenvalue weighted by Crippen LogP contribution is 2.24. The van der Waals surface area contributed by atoms with Gasteiger partial charge in [-0.1, -0.05) is 5.92 Å². The highest BCUT2D eigenvalue weighted by Gasteiger charge is 2.30. The third kappa shape index (κ3) is 5.39. The van der Waals surface area contributed by atoms with E-state index >= 15 is 0 Å². The van der Waals surface area contributed by atoms with Crippen molar-refractivity contribution in [1.29, 1.82) is 0 Å². The van der Waals surface area contributed by atoms with Gasteiger partial charge in [0.1, 0.15) is 11.4 Å². The second-order valence-electron chi connectivity index (χ2n) is 4.53. The first-order valence-electron chi connectivity index (χ1n) is 7.02. The van der Waals surface area contributed by atoms with Gasteiger partial charge in [0.25, 0.3) is 0 Å². The van der Waals surface area contributed by atoms with Crippen molar-refractivity contribution < 1.29 is 17.9 Å². The van der Waals surface area contributed by atoms with E-state index in [0.717, 1.165) is 0 Å². The molecule has 132 valence electrons. The van der Waals surface area contributed by atoms with Gasteiger partial charge in [0.15, 0.2) is 0 Å². The molecule has 0 unspecified atom stereocenters.